The van der Waals surface area contributed by atoms with Crippen LogP contribution in [0.4, 0.5) is 5.69 Å². The van der Waals surface area contributed by atoms with Crippen molar-refractivity contribution in [1.29, 1.82) is 0 Å². The fraction of sp³-hybridized carbons (Fsp3) is 0.0769. The highest BCUT2D eigenvalue weighted by atomic mass is 79.9. The van der Waals surface area contributed by atoms with Crippen LogP contribution in [0.1, 0.15) is 26.5 Å². The quantitative estimate of drug-likeness (QED) is 0.908. The molecule has 0 saturated heterocycles. The number of nitrogens with one attached hydrogen (secondary N) is 1. The number of hydrogen-bond acceptors (Lipinski definition) is 3. The molecule has 0 unspecified atom stereocenters. The van der Waals surface area contributed by atoms with Crippen molar-refractivity contribution in [3.63, 3.8) is 0 Å². The molecule has 19 heavy (non-hydrogen) atoms. The van der Waals surface area contributed by atoms with Crippen molar-refractivity contribution in [3.8, 4) is 0 Å². The van der Waals surface area contributed by atoms with Crippen molar-refractivity contribution in [2.24, 2.45) is 0 Å². The van der Waals surface area contributed by atoms with Crippen LogP contribution in [0, 0.1) is 6.92 Å². The van der Waals surface area contributed by atoms with E-state index in [1.807, 2.05) is 0 Å². The van der Waals surface area contributed by atoms with Gasteiger partial charge < -0.3 is 14.8 Å². The van der Waals surface area contributed by atoms with E-state index in [1.54, 1.807) is 19.1 Å². The monoisotopic (exact) mass is 323 g/mol. The normalized spacial score (nSPS) is 10.2. The first-order valence-corrected chi connectivity index (χ1v) is 6.17. The number of amides is 1. The van der Waals surface area contributed by atoms with Crippen LogP contribution in [0.15, 0.2) is 39.4 Å². The van der Waals surface area contributed by atoms with Gasteiger partial charge in [0, 0.05) is 5.69 Å². The lowest BCUT2D eigenvalue weighted by atomic mass is 10.1. The first-order valence-electron chi connectivity index (χ1n) is 5.38. The van der Waals surface area contributed by atoms with Crippen molar-refractivity contribution < 1.29 is 19.1 Å². The van der Waals surface area contributed by atoms with Crippen LogP contribution in [0.2, 0.25) is 0 Å². The summed E-state index contributed by atoms with van der Waals surface area (Å²) in [6.45, 7) is 1.78. The number of carbonyl (C=O) groups is 2. The Balaban J connectivity index is 2.25. The minimum atomic E-state index is -1.05. The molecule has 0 aliphatic carbocycles. The maximum Gasteiger partial charge on any atom is 0.335 e. The minimum absolute atomic E-state index is 0.113. The number of carboxylic acids is 1. The van der Waals surface area contributed by atoms with Crippen LogP contribution in [-0.4, -0.2) is 17.0 Å². The molecule has 1 amide bonds. The molecule has 1 aromatic carbocycles. The standard InChI is InChI=1S/C13H10BrNO4/c1-7-2-3-8(13(17)18)6-9(7)15-12(16)10-4-5-11(14)19-10/h2-6H,1H3,(H,15,16)(H,17,18). The van der Waals surface area contributed by atoms with Gasteiger partial charge in [-0.3, -0.25) is 4.79 Å². The van der Waals surface area contributed by atoms with Crippen LogP contribution >= 0.6 is 15.9 Å². The van der Waals surface area contributed by atoms with Gasteiger partial charge in [0.05, 0.1) is 5.56 Å². The second-order valence-electron chi connectivity index (χ2n) is 3.89. The fourth-order valence-corrected chi connectivity index (χ4v) is 1.82. The molecule has 2 N–H and O–H groups in total. The summed E-state index contributed by atoms with van der Waals surface area (Å²) in [7, 11) is 0. The highest BCUT2D eigenvalue weighted by molar-refractivity contribution is 9.10. The van der Waals surface area contributed by atoms with E-state index in [4.69, 9.17) is 9.52 Å². The van der Waals surface area contributed by atoms with E-state index in [0.717, 1.165) is 5.56 Å². The maximum atomic E-state index is 11.9. The van der Waals surface area contributed by atoms with Gasteiger partial charge in [0.2, 0.25) is 0 Å². The average molecular weight is 324 g/mol. The van der Waals surface area contributed by atoms with Crippen molar-refractivity contribution in [2.75, 3.05) is 5.32 Å². The summed E-state index contributed by atoms with van der Waals surface area (Å²) in [6, 6.07) is 7.66. The lowest BCUT2D eigenvalue weighted by Gasteiger charge is -2.08. The number of aryl methyl sites for hydroxylation is 1. The summed E-state index contributed by atoms with van der Waals surface area (Å²) in [5.41, 5.74) is 1.32. The number of anilines is 1. The third-order valence-corrected chi connectivity index (χ3v) is 2.96. The van der Waals surface area contributed by atoms with Gasteiger partial charge in [-0.15, -0.1) is 0 Å². The van der Waals surface area contributed by atoms with Crippen LogP contribution in [0.5, 0.6) is 0 Å². The molecule has 2 aromatic rings. The van der Waals surface area contributed by atoms with E-state index in [1.165, 1.54) is 18.2 Å². The average Bonchev–Trinajstić information content (AvgIpc) is 2.78. The molecule has 0 spiro atoms. The van der Waals surface area contributed by atoms with E-state index < -0.39 is 11.9 Å². The number of carbonyl (C=O) groups excluding carboxylic acids is 1. The molecule has 1 heterocycles. The molecule has 0 aliphatic rings. The Morgan fingerprint density at radius 1 is 1.26 bits per heavy atom. The predicted molar refractivity (Wildman–Crippen MR) is 72.5 cm³/mol. The number of furan rings is 1. The highest BCUT2D eigenvalue weighted by Gasteiger charge is 2.13. The van der Waals surface area contributed by atoms with Crippen molar-refractivity contribution >= 4 is 33.5 Å². The van der Waals surface area contributed by atoms with Gasteiger partial charge in [0.1, 0.15) is 0 Å². The van der Waals surface area contributed by atoms with Crippen LogP contribution < -0.4 is 5.32 Å². The Kier molecular flexibility index (Phi) is 3.71. The lowest BCUT2D eigenvalue weighted by molar-refractivity contribution is 0.0696. The fourth-order valence-electron chi connectivity index (χ4n) is 1.51. The van der Waals surface area contributed by atoms with Gasteiger partial charge in [-0.05, 0) is 52.7 Å². The minimum Gasteiger partial charge on any atom is -0.478 e. The predicted octanol–water partition coefficient (Wildman–Crippen LogP) is 3.30. The molecule has 0 atom stereocenters. The van der Waals surface area contributed by atoms with Gasteiger partial charge in [-0.25, -0.2) is 4.79 Å². The first-order chi connectivity index (χ1) is 8.97. The Labute approximate surface area is 117 Å². The molecular formula is C13H10BrNO4. The summed E-state index contributed by atoms with van der Waals surface area (Å²) in [5.74, 6) is -1.33. The zero-order chi connectivity index (χ0) is 14.0. The van der Waals surface area contributed by atoms with E-state index in [-0.39, 0.29) is 11.3 Å². The van der Waals surface area contributed by atoms with Gasteiger partial charge in [0.15, 0.2) is 10.4 Å². The summed E-state index contributed by atoms with van der Waals surface area (Å²) in [4.78, 5) is 22.8. The molecule has 0 fully saturated rings. The maximum absolute atomic E-state index is 11.9. The Hall–Kier alpha value is -2.08. The summed E-state index contributed by atoms with van der Waals surface area (Å²) in [6.07, 6.45) is 0. The van der Waals surface area contributed by atoms with Crippen LogP contribution in [0.25, 0.3) is 0 Å². The molecule has 0 aliphatic heterocycles. The molecular weight excluding hydrogens is 314 g/mol. The molecule has 0 radical (unpaired) electrons. The summed E-state index contributed by atoms with van der Waals surface area (Å²) in [5, 5.41) is 11.5. The molecule has 98 valence electrons. The third-order valence-electron chi connectivity index (χ3n) is 2.53. The number of benzene rings is 1. The first kappa shape index (κ1) is 13.4. The van der Waals surface area contributed by atoms with E-state index in [2.05, 4.69) is 21.2 Å². The molecule has 0 saturated carbocycles. The number of halogens is 1. The van der Waals surface area contributed by atoms with E-state index in [9.17, 15) is 9.59 Å². The molecule has 6 heteroatoms. The second kappa shape index (κ2) is 5.27. The van der Waals surface area contributed by atoms with Gasteiger partial charge in [-0.1, -0.05) is 6.07 Å². The third kappa shape index (κ3) is 3.03. The molecule has 5 nitrogen and oxygen atoms in total. The Morgan fingerprint density at radius 3 is 2.58 bits per heavy atom. The highest BCUT2D eigenvalue weighted by Crippen LogP contribution is 2.20. The summed E-state index contributed by atoms with van der Waals surface area (Å²) < 4.78 is 5.58. The van der Waals surface area contributed by atoms with Gasteiger partial charge >= 0.3 is 5.97 Å². The Bertz CT molecular complexity index is 648. The van der Waals surface area contributed by atoms with E-state index >= 15 is 0 Å². The number of aromatic carboxylic acids is 1. The van der Waals surface area contributed by atoms with Crippen molar-refractivity contribution in [3.05, 3.63) is 51.9 Å². The van der Waals surface area contributed by atoms with E-state index in [0.29, 0.717) is 10.4 Å². The van der Waals surface area contributed by atoms with Gasteiger partial charge in [-0.2, -0.15) is 0 Å². The van der Waals surface area contributed by atoms with Crippen molar-refractivity contribution in [2.45, 2.75) is 6.92 Å². The number of rotatable bonds is 3. The van der Waals surface area contributed by atoms with Gasteiger partial charge in [0.25, 0.3) is 5.91 Å². The summed E-state index contributed by atoms with van der Waals surface area (Å²) >= 11 is 3.11. The zero-order valence-electron chi connectivity index (χ0n) is 9.94. The van der Waals surface area contributed by atoms with Crippen LogP contribution in [-0.2, 0) is 0 Å². The smallest absolute Gasteiger partial charge is 0.335 e. The second-order valence-corrected chi connectivity index (χ2v) is 4.67. The topological polar surface area (TPSA) is 79.5 Å². The molecule has 0 bridgehead atoms. The zero-order valence-corrected chi connectivity index (χ0v) is 11.5. The molecule has 2 rings (SSSR count). The number of hydrogen-bond donors (Lipinski definition) is 2. The van der Waals surface area contributed by atoms with Crippen molar-refractivity contribution in [1.82, 2.24) is 0 Å². The van der Waals surface area contributed by atoms with Crippen LogP contribution in [0.3, 0.4) is 0 Å². The molecule has 1 aromatic heterocycles. The Morgan fingerprint density at radius 2 is 2.00 bits per heavy atom. The largest absolute Gasteiger partial charge is 0.478 e. The number of carboxylic acid groups (broad SMARTS) is 1. The SMILES string of the molecule is Cc1ccc(C(=O)O)cc1NC(=O)c1ccc(Br)o1. The lowest BCUT2D eigenvalue weighted by Crippen LogP contribution is -2.12.